The maximum Gasteiger partial charge on any atom is 0.344 e. The van der Waals surface area contributed by atoms with Gasteiger partial charge in [-0.15, -0.1) is 0 Å². The number of amides is 4. The van der Waals surface area contributed by atoms with Crippen molar-refractivity contribution in [3.8, 4) is 0 Å². The second kappa shape index (κ2) is 7.61. The minimum Gasteiger partial charge on any atom is -0.322 e. The van der Waals surface area contributed by atoms with Gasteiger partial charge in [0, 0.05) is 0 Å². The van der Waals surface area contributed by atoms with Gasteiger partial charge in [0.15, 0.2) is 0 Å². The van der Waals surface area contributed by atoms with Crippen LogP contribution in [0.2, 0.25) is 0 Å². The Hall–Kier alpha value is -3.15. The standard InChI is InChI=1S/C21H23N3O3/c1-15-8-10-17(11-9-15)14-18(25)23-24-19(26)21(2,22-20(24)27)13-12-16-6-4-3-5-7-16/h3-11H,12-14H2,1-2H3,(H,22,27)(H,23,25). The van der Waals surface area contributed by atoms with E-state index >= 15 is 0 Å². The van der Waals surface area contributed by atoms with Gasteiger partial charge in [0.05, 0.1) is 6.42 Å². The first-order valence-electron chi connectivity index (χ1n) is 8.93. The lowest BCUT2D eigenvalue weighted by atomic mass is 9.93. The van der Waals surface area contributed by atoms with E-state index in [9.17, 15) is 14.4 Å². The second-order valence-corrected chi connectivity index (χ2v) is 7.09. The molecule has 6 nitrogen and oxygen atoms in total. The third-order valence-electron chi connectivity index (χ3n) is 4.74. The van der Waals surface area contributed by atoms with Crippen molar-refractivity contribution in [3.05, 3.63) is 71.3 Å². The fraction of sp³-hybridized carbons (Fsp3) is 0.286. The van der Waals surface area contributed by atoms with Crippen LogP contribution in [0.5, 0.6) is 0 Å². The third kappa shape index (κ3) is 4.34. The Kier molecular flexibility index (Phi) is 5.26. The van der Waals surface area contributed by atoms with Gasteiger partial charge in [-0.2, -0.15) is 5.01 Å². The van der Waals surface area contributed by atoms with E-state index in [4.69, 9.17) is 0 Å². The van der Waals surface area contributed by atoms with E-state index in [2.05, 4.69) is 10.7 Å². The molecule has 1 heterocycles. The molecule has 2 aromatic rings. The number of benzene rings is 2. The molecule has 1 saturated heterocycles. The molecule has 6 heteroatoms. The zero-order valence-electron chi connectivity index (χ0n) is 15.5. The number of hydrogen-bond donors (Lipinski definition) is 2. The maximum absolute atomic E-state index is 12.7. The molecule has 1 aliphatic heterocycles. The average molecular weight is 365 g/mol. The van der Waals surface area contributed by atoms with Gasteiger partial charge in [-0.3, -0.25) is 15.0 Å². The number of rotatable bonds is 6. The van der Waals surface area contributed by atoms with Crippen molar-refractivity contribution in [1.29, 1.82) is 0 Å². The fourth-order valence-electron chi connectivity index (χ4n) is 3.05. The monoisotopic (exact) mass is 365 g/mol. The molecule has 0 bridgehead atoms. The van der Waals surface area contributed by atoms with E-state index in [-0.39, 0.29) is 6.42 Å². The highest BCUT2D eigenvalue weighted by molar-refractivity contribution is 6.07. The molecule has 3 rings (SSSR count). The molecule has 140 valence electrons. The molecule has 1 atom stereocenters. The van der Waals surface area contributed by atoms with Crippen LogP contribution < -0.4 is 10.7 Å². The molecule has 1 unspecified atom stereocenters. The van der Waals surface area contributed by atoms with Crippen LogP contribution >= 0.6 is 0 Å². The number of carbonyl (C=O) groups is 3. The van der Waals surface area contributed by atoms with Crippen LogP contribution in [0.1, 0.15) is 30.0 Å². The molecule has 0 aromatic heterocycles. The Morgan fingerprint density at radius 3 is 2.37 bits per heavy atom. The van der Waals surface area contributed by atoms with E-state index in [1.54, 1.807) is 6.92 Å². The van der Waals surface area contributed by atoms with Gasteiger partial charge >= 0.3 is 6.03 Å². The molecule has 2 N–H and O–H groups in total. The number of imide groups is 1. The molecule has 1 aliphatic rings. The highest BCUT2D eigenvalue weighted by atomic mass is 16.2. The molecular weight excluding hydrogens is 342 g/mol. The zero-order chi connectivity index (χ0) is 19.4. The summed E-state index contributed by atoms with van der Waals surface area (Å²) in [5, 5.41) is 3.49. The molecular formula is C21H23N3O3. The van der Waals surface area contributed by atoms with Crippen LogP contribution in [0, 0.1) is 6.92 Å². The van der Waals surface area contributed by atoms with Crippen LogP contribution in [-0.2, 0) is 22.4 Å². The van der Waals surface area contributed by atoms with Crippen LogP contribution in [0.15, 0.2) is 54.6 Å². The number of hydrazine groups is 1. The first-order chi connectivity index (χ1) is 12.9. The Labute approximate surface area is 158 Å². The van der Waals surface area contributed by atoms with Crippen molar-refractivity contribution in [2.75, 3.05) is 0 Å². The number of aryl methyl sites for hydroxylation is 2. The van der Waals surface area contributed by atoms with Gasteiger partial charge in [-0.05, 0) is 37.8 Å². The number of hydrogen-bond acceptors (Lipinski definition) is 3. The van der Waals surface area contributed by atoms with E-state index < -0.39 is 23.4 Å². The lowest BCUT2D eigenvalue weighted by Gasteiger charge is -2.21. The predicted molar refractivity (Wildman–Crippen MR) is 102 cm³/mol. The average Bonchev–Trinajstić information content (AvgIpc) is 2.86. The summed E-state index contributed by atoms with van der Waals surface area (Å²) < 4.78 is 0. The third-order valence-corrected chi connectivity index (χ3v) is 4.74. The lowest BCUT2D eigenvalue weighted by Crippen LogP contribution is -2.49. The number of urea groups is 1. The van der Waals surface area contributed by atoms with Gasteiger partial charge in [0.1, 0.15) is 5.54 Å². The van der Waals surface area contributed by atoms with E-state index in [0.717, 1.165) is 21.7 Å². The predicted octanol–water partition coefficient (Wildman–Crippen LogP) is 2.51. The number of carbonyl (C=O) groups excluding carboxylic acids is 3. The molecule has 0 saturated carbocycles. The molecule has 4 amide bonds. The highest BCUT2D eigenvalue weighted by Gasteiger charge is 2.48. The van der Waals surface area contributed by atoms with Crippen molar-refractivity contribution in [3.63, 3.8) is 0 Å². The summed E-state index contributed by atoms with van der Waals surface area (Å²) in [4.78, 5) is 37.2. The quantitative estimate of drug-likeness (QED) is 0.772. The zero-order valence-corrected chi connectivity index (χ0v) is 15.5. The second-order valence-electron chi connectivity index (χ2n) is 7.09. The van der Waals surface area contributed by atoms with Gasteiger partial charge in [-0.1, -0.05) is 60.2 Å². The molecule has 0 radical (unpaired) electrons. The van der Waals surface area contributed by atoms with Crippen LogP contribution in [0.3, 0.4) is 0 Å². The smallest absolute Gasteiger partial charge is 0.322 e. The van der Waals surface area contributed by atoms with Crippen molar-refractivity contribution >= 4 is 17.8 Å². The van der Waals surface area contributed by atoms with Crippen LogP contribution in [-0.4, -0.2) is 28.4 Å². The molecule has 27 heavy (non-hydrogen) atoms. The Morgan fingerprint density at radius 2 is 1.70 bits per heavy atom. The molecule has 2 aromatic carbocycles. The molecule has 1 fully saturated rings. The Balaban J connectivity index is 1.61. The van der Waals surface area contributed by atoms with Crippen molar-refractivity contribution in [2.45, 2.75) is 38.6 Å². The van der Waals surface area contributed by atoms with Gasteiger partial charge in [0.25, 0.3) is 5.91 Å². The maximum atomic E-state index is 12.7. The summed E-state index contributed by atoms with van der Waals surface area (Å²) in [5.41, 5.74) is 4.39. The lowest BCUT2D eigenvalue weighted by molar-refractivity contribution is -0.138. The molecule has 0 aliphatic carbocycles. The van der Waals surface area contributed by atoms with Gasteiger partial charge in [-0.25, -0.2) is 4.79 Å². The van der Waals surface area contributed by atoms with E-state index in [0.29, 0.717) is 12.8 Å². The molecule has 0 spiro atoms. The summed E-state index contributed by atoms with van der Waals surface area (Å²) >= 11 is 0. The normalized spacial score (nSPS) is 19.1. The van der Waals surface area contributed by atoms with Gasteiger partial charge in [0.2, 0.25) is 5.91 Å². The topological polar surface area (TPSA) is 78.5 Å². The van der Waals surface area contributed by atoms with Gasteiger partial charge < -0.3 is 5.32 Å². The van der Waals surface area contributed by atoms with E-state index in [1.807, 2.05) is 61.5 Å². The minimum atomic E-state index is -1.04. The van der Waals surface area contributed by atoms with Crippen LogP contribution in [0.25, 0.3) is 0 Å². The SMILES string of the molecule is Cc1ccc(CC(=O)NN2C(=O)NC(C)(CCc3ccccc3)C2=O)cc1. The summed E-state index contributed by atoms with van der Waals surface area (Å²) in [6.07, 6.45) is 1.19. The number of nitrogens with one attached hydrogen (secondary N) is 2. The Morgan fingerprint density at radius 1 is 1.04 bits per heavy atom. The summed E-state index contributed by atoms with van der Waals surface area (Å²) in [7, 11) is 0. The minimum absolute atomic E-state index is 0.0953. The Bertz CT molecular complexity index is 849. The summed E-state index contributed by atoms with van der Waals surface area (Å²) in [6.45, 7) is 3.65. The van der Waals surface area contributed by atoms with Crippen molar-refractivity contribution < 1.29 is 14.4 Å². The van der Waals surface area contributed by atoms with Crippen molar-refractivity contribution in [2.24, 2.45) is 0 Å². The van der Waals surface area contributed by atoms with Crippen molar-refractivity contribution in [1.82, 2.24) is 15.8 Å². The highest BCUT2D eigenvalue weighted by Crippen LogP contribution is 2.22. The van der Waals surface area contributed by atoms with E-state index in [1.165, 1.54) is 0 Å². The van der Waals surface area contributed by atoms with Crippen LogP contribution in [0.4, 0.5) is 4.79 Å². The summed E-state index contributed by atoms with van der Waals surface area (Å²) in [6, 6.07) is 16.7. The first kappa shape index (κ1) is 18.6. The fourth-order valence-corrected chi connectivity index (χ4v) is 3.05. The first-order valence-corrected chi connectivity index (χ1v) is 8.93. The summed E-state index contributed by atoms with van der Waals surface area (Å²) in [5.74, 6) is -0.852. The largest absolute Gasteiger partial charge is 0.344 e. The number of nitrogens with zero attached hydrogens (tertiary/aromatic N) is 1.